The van der Waals surface area contributed by atoms with Crippen molar-refractivity contribution in [3.8, 4) is 0 Å². The molecule has 0 spiro atoms. The van der Waals surface area contributed by atoms with Crippen LogP contribution in [-0.2, 0) is 19.0 Å². The maximum absolute atomic E-state index is 12.5. The van der Waals surface area contributed by atoms with Crippen LogP contribution in [0.5, 0.6) is 0 Å². The molecule has 1 aliphatic rings. The van der Waals surface area contributed by atoms with Gasteiger partial charge < -0.3 is 29.7 Å². The Morgan fingerprint density at radius 2 is 1.48 bits per heavy atom. The molecule has 0 unspecified atom stereocenters. The van der Waals surface area contributed by atoms with Gasteiger partial charge in [0.2, 0.25) is 5.91 Å². The summed E-state index contributed by atoms with van der Waals surface area (Å²) in [5.41, 5.74) is 0.529. The summed E-state index contributed by atoms with van der Waals surface area (Å²) in [5.74, 6) is -1.92. The molecule has 31 heavy (non-hydrogen) atoms. The first-order chi connectivity index (χ1) is 14.9. The van der Waals surface area contributed by atoms with Crippen molar-refractivity contribution < 1.29 is 38.8 Å². The third-order valence-electron chi connectivity index (χ3n) is 4.70. The van der Waals surface area contributed by atoms with Crippen molar-refractivity contribution in [1.82, 2.24) is 5.32 Å². The van der Waals surface area contributed by atoms with Crippen LogP contribution in [0.1, 0.15) is 27.6 Å². The summed E-state index contributed by atoms with van der Waals surface area (Å²) in [7, 11) is 0. The number of hydrogen-bond acceptors (Lipinski definition) is 8. The Morgan fingerprint density at radius 3 is 2.03 bits per heavy atom. The molecule has 2 aromatic rings. The second-order valence-corrected chi connectivity index (χ2v) is 6.98. The van der Waals surface area contributed by atoms with Crippen LogP contribution in [0.25, 0.3) is 0 Å². The predicted octanol–water partition coefficient (Wildman–Crippen LogP) is 0.652. The molecule has 1 fully saturated rings. The third kappa shape index (κ3) is 5.66. The number of carbonyl (C=O) groups excluding carboxylic acids is 3. The number of amides is 1. The largest absolute Gasteiger partial charge is 0.459 e. The lowest BCUT2D eigenvalue weighted by molar-refractivity contribution is -0.253. The molecule has 9 nitrogen and oxygen atoms in total. The van der Waals surface area contributed by atoms with Crippen LogP contribution in [0.3, 0.4) is 0 Å². The average molecular weight is 429 g/mol. The highest BCUT2D eigenvalue weighted by Gasteiger charge is 2.48. The van der Waals surface area contributed by atoms with Gasteiger partial charge in [0.1, 0.15) is 24.9 Å². The molecule has 1 saturated heterocycles. The second kappa shape index (κ2) is 10.2. The van der Waals surface area contributed by atoms with Gasteiger partial charge in [0.05, 0.1) is 11.1 Å². The van der Waals surface area contributed by atoms with Crippen molar-refractivity contribution in [2.75, 3.05) is 6.61 Å². The van der Waals surface area contributed by atoms with Crippen LogP contribution in [0, 0.1) is 0 Å². The van der Waals surface area contributed by atoms with Crippen LogP contribution < -0.4 is 5.32 Å². The van der Waals surface area contributed by atoms with Crippen LogP contribution in [0.2, 0.25) is 0 Å². The minimum absolute atomic E-state index is 0.226. The summed E-state index contributed by atoms with van der Waals surface area (Å²) in [6.45, 7) is 0.807. The number of aliphatic hydroxyl groups is 2. The molecule has 0 aromatic heterocycles. The topological polar surface area (TPSA) is 131 Å². The van der Waals surface area contributed by atoms with Gasteiger partial charge in [-0.3, -0.25) is 4.79 Å². The first-order valence-electron chi connectivity index (χ1n) is 9.63. The fraction of sp³-hybridized carbons (Fsp3) is 0.318. The number of aliphatic hydroxyl groups excluding tert-OH is 2. The molecule has 3 rings (SSSR count). The van der Waals surface area contributed by atoms with E-state index in [2.05, 4.69) is 5.32 Å². The maximum atomic E-state index is 12.5. The number of nitrogens with one attached hydrogen (secondary N) is 1. The fourth-order valence-corrected chi connectivity index (χ4v) is 3.18. The lowest BCUT2D eigenvalue weighted by atomic mass is 9.96. The van der Waals surface area contributed by atoms with E-state index >= 15 is 0 Å². The Kier molecular flexibility index (Phi) is 7.35. The summed E-state index contributed by atoms with van der Waals surface area (Å²) >= 11 is 0. The van der Waals surface area contributed by atoms with E-state index < -0.39 is 55.1 Å². The van der Waals surface area contributed by atoms with Crippen molar-refractivity contribution in [3.63, 3.8) is 0 Å². The first kappa shape index (κ1) is 22.4. The first-order valence-corrected chi connectivity index (χ1v) is 9.63. The van der Waals surface area contributed by atoms with Crippen molar-refractivity contribution in [2.24, 2.45) is 0 Å². The van der Waals surface area contributed by atoms with E-state index in [0.717, 1.165) is 0 Å². The minimum atomic E-state index is -1.61. The summed E-state index contributed by atoms with van der Waals surface area (Å²) in [5, 5.41) is 23.5. The summed E-state index contributed by atoms with van der Waals surface area (Å²) in [4.78, 5) is 36.2. The Labute approximate surface area is 178 Å². The molecule has 0 bridgehead atoms. The van der Waals surface area contributed by atoms with E-state index in [1.54, 1.807) is 48.5 Å². The van der Waals surface area contributed by atoms with Crippen molar-refractivity contribution in [3.05, 3.63) is 71.8 Å². The molecular weight excluding hydrogens is 406 g/mol. The second-order valence-electron chi connectivity index (χ2n) is 6.98. The van der Waals surface area contributed by atoms with Crippen LogP contribution in [0.15, 0.2) is 60.7 Å². The van der Waals surface area contributed by atoms with Gasteiger partial charge in [-0.1, -0.05) is 36.4 Å². The van der Waals surface area contributed by atoms with Crippen molar-refractivity contribution in [1.29, 1.82) is 0 Å². The van der Waals surface area contributed by atoms with E-state index in [1.807, 2.05) is 0 Å². The number of carbonyl (C=O) groups is 3. The predicted molar refractivity (Wildman–Crippen MR) is 107 cm³/mol. The zero-order valence-electron chi connectivity index (χ0n) is 16.7. The highest BCUT2D eigenvalue weighted by atomic mass is 16.6. The van der Waals surface area contributed by atoms with Crippen LogP contribution >= 0.6 is 0 Å². The number of rotatable bonds is 6. The Morgan fingerprint density at radius 1 is 0.935 bits per heavy atom. The Balaban J connectivity index is 1.73. The minimum Gasteiger partial charge on any atom is -0.459 e. The van der Waals surface area contributed by atoms with Gasteiger partial charge in [0.15, 0.2) is 12.4 Å². The normalized spacial score (nSPS) is 25.3. The highest BCUT2D eigenvalue weighted by molar-refractivity contribution is 5.90. The standard InChI is InChI=1S/C22H23NO8/c1-13(24)23-17-19(31-21(27)15-10-6-3-7-11-15)18(25)16(30-22(17)28)12-29-20(26)14-8-4-2-5-9-14/h2-11,16-19,22,25,28H,12H2,1H3,(H,23,24)/t16-,17-,18+,19-,22+/m1/s1. The van der Waals surface area contributed by atoms with Gasteiger partial charge in [-0.25, -0.2) is 9.59 Å². The number of ether oxygens (including phenoxy) is 3. The van der Waals surface area contributed by atoms with Gasteiger partial charge >= 0.3 is 11.9 Å². The monoisotopic (exact) mass is 429 g/mol. The van der Waals surface area contributed by atoms with E-state index in [0.29, 0.717) is 5.56 Å². The van der Waals surface area contributed by atoms with E-state index in [4.69, 9.17) is 14.2 Å². The smallest absolute Gasteiger partial charge is 0.338 e. The van der Waals surface area contributed by atoms with Gasteiger partial charge in [0.25, 0.3) is 0 Å². The van der Waals surface area contributed by atoms with E-state index in [9.17, 15) is 24.6 Å². The third-order valence-corrected chi connectivity index (χ3v) is 4.70. The number of esters is 2. The lowest BCUT2D eigenvalue weighted by Gasteiger charge is -2.42. The molecule has 3 N–H and O–H groups in total. The summed E-state index contributed by atoms with van der Waals surface area (Å²) in [6, 6.07) is 15.0. The lowest BCUT2D eigenvalue weighted by Crippen LogP contribution is -2.65. The Hall–Kier alpha value is -3.27. The van der Waals surface area contributed by atoms with Gasteiger partial charge in [-0.05, 0) is 24.3 Å². The fourth-order valence-electron chi connectivity index (χ4n) is 3.18. The molecule has 0 saturated carbocycles. The number of hydrogen-bond donors (Lipinski definition) is 3. The number of benzene rings is 2. The van der Waals surface area contributed by atoms with Gasteiger partial charge in [0, 0.05) is 6.92 Å². The summed E-state index contributed by atoms with van der Waals surface area (Å²) < 4.78 is 15.9. The molecular formula is C22H23NO8. The molecule has 2 aromatic carbocycles. The molecule has 9 heteroatoms. The van der Waals surface area contributed by atoms with Gasteiger partial charge in [-0.15, -0.1) is 0 Å². The molecule has 1 amide bonds. The zero-order valence-corrected chi connectivity index (χ0v) is 16.7. The van der Waals surface area contributed by atoms with Crippen LogP contribution in [-0.4, -0.2) is 65.3 Å². The molecule has 0 aliphatic carbocycles. The molecule has 1 heterocycles. The van der Waals surface area contributed by atoms with Crippen molar-refractivity contribution >= 4 is 17.8 Å². The van der Waals surface area contributed by atoms with E-state index in [1.165, 1.54) is 19.1 Å². The van der Waals surface area contributed by atoms with Gasteiger partial charge in [-0.2, -0.15) is 0 Å². The average Bonchev–Trinajstić information content (AvgIpc) is 2.78. The molecule has 1 aliphatic heterocycles. The Bertz CT molecular complexity index is 904. The highest BCUT2D eigenvalue weighted by Crippen LogP contribution is 2.24. The van der Waals surface area contributed by atoms with E-state index in [-0.39, 0.29) is 5.56 Å². The summed E-state index contributed by atoms with van der Waals surface area (Å²) in [6.07, 6.45) is -5.64. The zero-order chi connectivity index (χ0) is 22.4. The quantitative estimate of drug-likeness (QED) is 0.571. The van der Waals surface area contributed by atoms with Crippen molar-refractivity contribution in [2.45, 2.75) is 37.6 Å². The molecule has 5 atom stereocenters. The maximum Gasteiger partial charge on any atom is 0.338 e. The van der Waals surface area contributed by atoms with Crippen LogP contribution in [0.4, 0.5) is 0 Å². The molecule has 0 radical (unpaired) electrons. The SMILES string of the molecule is CC(=O)N[C@@H]1[C@@H](OC(=O)c2ccccc2)[C@@H](O)[C@@H](COC(=O)c2ccccc2)O[C@@H]1O. The molecule has 164 valence electrons.